The van der Waals surface area contributed by atoms with Crippen molar-refractivity contribution in [3.8, 4) is 12.1 Å². The third-order valence-corrected chi connectivity index (χ3v) is 8.60. The largest absolute Gasteiger partial charge is 0.377 e. The Kier molecular flexibility index (Phi) is 7.90. The van der Waals surface area contributed by atoms with Gasteiger partial charge >= 0.3 is 0 Å². The van der Waals surface area contributed by atoms with E-state index in [1.807, 2.05) is 77.6 Å². The minimum Gasteiger partial charge on any atom is -0.377 e. The molecule has 2 aromatic heterocycles. The van der Waals surface area contributed by atoms with E-state index >= 15 is 0 Å². The van der Waals surface area contributed by atoms with Crippen LogP contribution in [-0.2, 0) is 5.54 Å². The molecule has 5 aromatic rings. The lowest BCUT2D eigenvalue weighted by molar-refractivity contribution is 0.458. The fraction of sp³-hybridized carbons (Fsp3) is 0.242. The van der Waals surface area contributed by atoms with Crippen molar-refractivity contribution in [1.29, 1.82) is 10.5 Å². The first-order valence-corrected chi connectivity index (χ1v) is 14.8. The summed E-state index contributed by atoms with van der Waals surface area (Å²) < 4.78 is 1.93. The molecule has 10 heteroatoms. The highest BCUT2D eigenvalue weighted by atomic mass is 35.5. The molecule has 43 heavy (non-hydrogen) atoms. The lowest BCUT2D eigenvalue weighted by Gasteiger charge is -2.23. The Hall–Kier alpha value is -4.63. The minimum atomic E-state index is -0.422. The number of halogens is 2. The molecule has 0 amide bonds. The normalized spacial score (nSPS) is 14.8. The van der Waals surface area contributed by atoms with Crippen molar-refractivity contribution >= 4 is 45.5 Å². The summed E-state index contributed by atoms with van der Waals surface area (Å²) in [6.07, 6.45) is 6.53. The van der Waals surface area contributed by atoms with E-state index in [1.165, 1.54) is 6.20 Å². The average molecular weight is 608 g/mol. The molecule has 0 spiro atoms. The average Bonchev–Trinajstić information content (AvgIpc) is 3.57. The van der Waals surface area contributed by atoms with Crippen LogP contribution in [0.3, 0.4) is 0 Å². The number of pyridine rings is 1. The molecular formula is C33H28Cl2N8. The fourth-order valence-corrected chi connectivity index (χ4v) is 5.76. The second-order valence-electron chi connectivity index (χ2n) is 11.0. The van der Waals surface area contributed by atoms with Gasteiger partial charge in [-0.3, -0.25) is 4.98 Å². The van der Waals surface area contributed by atoms with E-state index in [0.717, 1.165) is 29.7 Å². The van der Waals surface area contributed by atoms with Gasteiger partial charge in [0.2, 0.25) is 0 Å². The molecule has 214 valence electrons. The van der Waals surface area contributed by atoms with Crippen LogP contribution in [-0.4, -0.2) is 20.0 Å². The summed E-state index contributed by atoms with van der Waals surface area (Å²) in [5.41, 5.74) is 4.80. The Balaban J connectivity index is 1.44. The predicted octanol–water partition coefficient (Wildman–Crippen LogP) is 8.17. The maximum Gasteiger partial charge on any atom is 0.110 e. The van der Waals surface area contributed by atoms with E-state index in [0.29, 0.717) is 50.7 Å². The van der Waals surface area contributed by atoms with Gasteiger partial charge in [0.15, 0.2) is 0 Å². The van der Waals surface area contributed by atoms with Crippen LogP contribution >= 0.6 is 23.2 Å². The Morgan fingerprint density at radius 2 is 1.77 bits per heavy atom. The molecule has 1 aliphatic carbocycles. The second-order valence-corrected chi connectivity index (χ2v) is 11.8. The molecular weight excluding hydrogens is 579 g/mol. The van der Waals surface area contributed by atoms with Gasteiger partial charge in [-0.1, -0.05) is 76.9 Å². The van der Waals surface area contributed by atoms with Gasteiger partial charge < -0.3 is 10.6 Å². The van der Waals surface area contributed by atoms with Crippen LogP contribution in [0.2, 0.25) is 10.0 Å². The lowest BCUT2D eigenvalue weighted by Crippen LogP contribution is -2.15. The van der Waals surface area contributed by atoms with Gasteiger partial charge in [0.25, 0.3) is 0 Å². The molecule has 0 radical (unpaired) electrons. The molecule has 1 saturated carbocycles. The molecule has 8 nitrogen and oxygen atoms in total. The molecule has 6 rings (SSSR count). The van der Waals surface area contributed by atoms with E-state index in [2.05, 4.69) is 45.0 Å². The fourth-order valence-electron chi connectivity index (χ4n) is 5.24. The van der Waals surface area contributed by atoms with Gasteiger partial charge in [0.1, 0.15) is 11.8 Å². The van der Waals surface area contributed by atoms with Crippen molar-refractivity contribution in [1.82, 2.24) is 20.0 Å². The highest BCUT2D eigenvalue weighted by Gasteiger charge is 2.41. The number of fused-ring (bicyclic) bond motifs is 1. The number of anilines is 2. The second kappa shape index (κ2) is 11.9. The van der Waals surface area contributed by atoms with Gasteiger partial charge in [-0.15, -0.1) is 5.10 Å². The number of hydrogen-bond donors (Lipinski definition) is 2. The molecule has 0 saturated heterocycles. The van der Waals surface area contributed by atoms with Crippen LogP contribution < -0.4 is 10.6 Å². The topological polar surface area (TPSA) is 115 Å². The first-order valence-electron chi connectivity index (χ1n) is 14.0. The van der Waals surface area contributed by atoms with Gasteiger partial charge in [0, 0.05) is 28.7 Å². The van der Waals surface area contributed by atoms with E-state index in [9.17, 15) is 10.5 Å². The number of hydrogen-bond acceptors (Lipinski definition) is 7. The van der Waals surface area contributed by atoms with Crippen LogP contribution in [0.25, 0.3) is 10.9 Å². The van der Waals surface area contributed by atoms with E-state index < -0.39 is 6.04 Å². The Morgan fingerprint density at radius 3 is 2.49 bits per heavy atom. The standard InChI is InChI=1S/C33H28Cl2N8/c1-33(13-14-33)43-20-29(41-42-43)32(24-10-5-6-11-26(24)34)39-23-16-25-30(22(18-37)19-38-31(25)27(35)17-23)40-28(12-7-15-36)21-8-3-2-4-9-21/h2-6,8-11,16-17,19-20,28,32,39H,7,12-14H2,1H3,(H,38,40)/t28-,32+/m1/s1. The summed E-state index contributed by atoms with van der Waals surface area (Å²) >= 11 is 13.5. The molecule has 2 N–H and O–H groups in total. The number of rotatable bonds is 10. The molecule has 1 fully saturated rings. The van der Waals surface area contributed by atoms with Crippen LogP contribution in [0.5, 0.6) is 0 Å². The Morgan fingerprint density at radius 1 is 1.00 bits per heavy atom. The first-order chi connectivity index (χ1) is 20.9. The first kappa shape index (κ1) is 28.5. The van der Waals surface area contributed by atoms with Gasteiger partial charge in [-0.2, -0.15) is 10.5 Å². The van der Waals surface area contributed by atoms with Crippen molar-refractivity contribution in [2.24, 2.45) is 0 Å². The third-order valence-electron chi connectivity index (χ3n) is 7.97. The highest BCUT2D eigenvalue weighted by Crippen LogP contribution is 2.43. The molecule has 1 aliphatic rings. The smallest absolute Gasteiger partial charge is 0.110 e. The molecule has 0 bridgehead atoms. The zero-order chi connectivity index (χ0) is 30.0. The minimum absolute atomic E-state index is 0.0106. The number of nitriles is 2. The molecule has 3 aromatic carbocycles. The maximum atomic E-state index is 10.1. The molecule has 2 heterocycles. The summed E-state index contributed by atoms with van der Waals surface area (Å²) in [6.45, 7) is 2.17. The zero-order valence-corrected chi connectivity index (χ0v) is 24.9. The quantitative estimate of drug-likeness (QED) is 0.165. The Labute approximate surface area is 259 Å². The van der Waals surface area contributed by atoms with Crippen molar-refractivity contribution in [3.05, 3.63) is 112 Å². The molecule has 2 atom stereocenters. The van der Waals surface area contributed by atoms with Crippen LogP contribution in [0.15, 0.2) is 79.1 Å². The number of nitrogens with zero attached hydrogens (tertiary/aromatic N) is 6. The number of nitrogens with one attached hydrogen (secondary N) is 2. The van der Waals surface area contributed by atoms with Crippen LogP contribution in [0, 0.1) is 22.7 Å². The summed E-state index contributed by atoms with van der Waals surface area (Å²) in [6, 6.07) is 25.1. The van der Waals surface area contributed by atoms with Crippen molar-refractivity contribution in [3.63, 3.8) is 0 Å². The molecule has 0 aliphatic heterocycles. The van der Waals surface area contributed by atoms with Crippen molar-refractivity contribution in [2.75, 3.05) is 10.6 Å². The Bertz CT molecular complexity index is 1870. The van der Waals surface area contributed by atoms with Crippen molar-refractivity contribution in [2.45, 2.75) is 50.2 Å². The van der Waals surface area contributed by atoms with E-state index in [1.54, 1.807) is 0 Å². The summed E-state index contributed by atoms with van der Waals surface area (Å²) in [4.78, 5) is 4.52. The summed E-state index contributed by atoms with van der Waals surface area (Å²) in [7, 11) is 0. The van der Waals surface area contributed by atoms with E-state index in [-0.39, 0.29) is 11.6 Å². The van der Waals surface area contributed by atoms with E-state index in [4.69, 9.17) is 23.2 Å². The highest BCUT2D eigenvalue weighted by molar-refractivity contribution is 6.36. The third kappa shape index (κ3) is 5.85. The lowest BCUT2D eigenvalue weighted by atomic mass is 10.00. The SMILES string of the molecule is CC1(n2cc([C@@H](Nc3cc(Cl)c4ncc(C#N)c(N[C@H](CCC#N)c5ccccc5)c4c3)c3ccccc3Cl)nn2)CC1. The van der Waals surface area contributed by atoms with Gasteiger partial charge in [-0.05, 0) is 55.5 Å². The van der Waals surface area contributed by atoms with Gasteiger partial charge in [-0.25, -0.2) is 4.68 Å². The van der Waals surface area contributed by atoms with Crippen LogP contribution in [0.1, 0.15) is 67.1 Å². The monoisotopic (exact) mass is 606 g/mol. The molecule has 0 unspecified atom stereocenters. The summed E-state index contributed by atoms with van der Waals surface area (Å²) in [5, 5.41) is 37.2. The van der Waals surface area contributed by atoms with Gasteiger partial charge in [0.05, 0.1) is 51.7 Å². The number of benzene rings is 3. The zero-order valence-electron chi connectivity index (χ0n) is 23.4. The predicted molar refractivity (Wildman–Crippen MR) is 169 cm³/mol. The van der Waals surface area contributed by atoms with Crippen LogP contribution in [0.4, 0.5) is 11.4 Å². The van der Waals surface area contributed by atoms with Crippen molar-refractivity contribution < 1.29 is 0 Å². The maximum absolute atomic E-state index is 10.1. The summed E-state index contributed by atoms with van der Waals surface area (Å²) in [5.74, 6) is 0. The number of aromatic nitrogens is 4.